The van der Waals surface area contributed by atoms with Crippen LogP contribution >= 0.6 is 8.69 Å². The lowest BCUT2D eigenvalue weighted by Crippen LogP contribution is -1.80. The zero-order chi connectivity index (χ0) is 7.23. The molecule has 0 amide bonds. The van der Waals surface area contributed by atoms with Crippen molar-refractivity contribution in [1.29, 1.82) is 0 Å². The Morgan fingerprint density at radius 1 is 1.30 bits per heavy atom. The lowest BCUT2D eigenvalue weighted by Gasteiger charge is -1.93. The molecule has 0 radical (unpaired) electrons. The molecule has 0 unspecified atom stereocenters. The summed E-state index contributed by atoms with van der Waals surface area (Å²) >= 11 is 0. The Kier molecular flexibility index (Phi) is 3.07. The van der Waals surface area contributed by atoms with Gasteiger partial charge in [0.2, 0.25) is 0 Å². The summed E-state index contributed by atoms with van der Waals surface area (Å²) < 4.78 is 14.5. The quantitative estimate of drug-likeness (QED) is 0.625. The number of rotatable bonds is 3. The molecule has 0 heterocycles. The lowest BCUT2D eigenvalue weighted by molar-refractivity contribution is 0.332. The third kappa shape index (κ3) is 2.26. The van der Waals surface area contributed by atoms with Gasteiger partial charge < -0.3 is 0 Å². The van der Waals surface area contributed by atoms with Crippen LogP contribution in [0.5, 0.6) is 0 Å². The van der Waals surface area contributed by atoms with Crippen LogP contribution in [-0.2, 0) is 15.7 Å². The van der Waals surface area contributed by atoms with Gasteiger partial charge in [0.15, 0.2) is 0 Å². The molecule has 0 atom stereocenters. The highest BCUT2D eigenvalue weighted by Crippen LogP contribution is 2.04. The van der Waals surface area contributed by atoms with Crippen LogP contribution in [-0.4, -0.2) is 0 Å². The van der Waals surface area contributed by atoms with E-state index in [1.165, 1.54) is 0 Å². The Bertz CT molecular complexity index is 198. The van der Waals surface area contributed by atoms with Crippen LogP contribution in [0.25, 0.3) is 0 Å². The molecule has 0 bridgehead atoms. The molecule has 1 rings (SSSR count). The van der Waals surface area contributed by atoms with Crippen molar-refractivity contribution in [3.8, 4) is 0 Å². The Labute approximate surface area is 61.1 Å². The molecule has 0 N–H and O–H groups in total. The summed E-state index contributed by atoms with van der Waals surface area (Å²) in [4.78, 5) is 0. The summed E-state index contributed by atoms with van der Waals surface area (Å²) in [7, 11) is -0.260. The molecular weight excluding hydrogens is 147 g/mol. The van der Waals surface area contributed by atoms with Crippen LogP contribution in [0.15, 0.2) is 30.3 Å². The Balaban J connectivity index is 2.50. The van der Waals surface area contributed by atoms with E-state index in [2.05, 4.69) is 4.52 Å². The maximum absolute atomic E-state index is 9.85. The van der Waals surface area contributed by atoms with E-state index < -0.39 is 0 Å². The van der Waals surface area contributed by atoms with Crippen molar-refractivity contribution in [1.82, 2.24) is 0 Å². The molecule has 0 aromatic heterocycles. The molecule has 0 aliphatic carbocycles. The van der Waals surface area contributed by atoms with Crippen molar-refractivity contribution in [2.75, 3.05) is 0 Å². The van der Waals surface area contributed by atoms with Gasteiger partial charge in [-0.1, -0.05) is 30.3 Å². The van der Waals surface area contributed by atoms with E-state index in [1.54, 1.807) is 0 Å². The zero-order valence-electron chi connectivity index (χ0n) is 5.36. The Morgan fingerprint density at radius 3 is 2.60 bits per heavy atom. The molecule has 1 aromatic rings. The van der Waals surface area contributed by atoms with Crippen molar-refractivity contribution in [2.45, 2.75) is 6.61 Å². The van der Waals surface area contributed by atoms with Gasteiger partial charge in [0.25, 0.3) is 0 Å². The topological polar surface area (TPSA) is 26.3 Å². The van der Waals surface area contributed by atoms with Gasteiger partial charge in [-0.15, -0.1) is 0 Å². The first-order chi connectivity index (χ1) is 4.93. The van der Waals surface area contributed by atoms with Crippen molar-refractivity contribution in [2.24, 2.45) is 0 Å². The molecule has 10 heavy (non-hydrogen) atoms. The normalized spacial score (nSPS) is 10.0. The summed E-state index contributed by atoms with van der Waals surface area (Å²) in [5.74, 6) is 0. The molecule has 0 saturated carbocycles. The third-order valence-corrected chi connectivity index (χ3v) is 1.36. The molecule has 0 fully saturated rings. The minimum Gasteiger partial charge on any atom is -0.290 e. The summed E-state index contributed by atoms with van der Waals surface area (Å²) in [5.41, 5.74) is 1.03. The third-order valence-electron chi connectivity index (χ3n) is 1.13. The SMILES string of the molecule is O=POCc1ccccc1. The maximum Gasteiger partial charge on any atom is 0.327 e. The fraction of sp³-hybridized carbons (Fsp3) is 0.143. The first-order valence-corrected chi connectivity index (χ1v) is 3.65. The van der Waals surface area contributed by atoms with Gasteiger partial charge >= 0.3 is 8.69 Å². The molecule has 0 aliphatic heterocycles. The van der Waals surface area contributed by atoms with E-state index in [0.29, 0.717) is 6.61 Å². The highest BCUT2D eigenvalue weighted by atomic mass is 31.1. The van der Waals surface area contributed by atoms with E-state index in [-0.39, 0.29) is 8.69 Å². The minimum atomic E-state index is -0.260. The monoisotopic (exact) mass is 154 g/mol. The standard InChI is InChI=1S/C7H7O2P/c8-10-9-6-7-4-2-1-3-5-7/h1-5H,6H2. The molecule has 2 nitrogen and oxygen atoms in total. The number of hydrogen-bond donors (Lipinski definition) is 0. The fourth-order valence-corrected chi connectivity index (χ4v) is 0.877. The van der Waals surface area contributed by atoms with Crippen LogP contribution in [0.1, 0.15) is 5.56 Å². The Morgan fingerprint density at radius 2 is 2.00 bits per heavy atom. The fourth-order valence-electron chi connectivity index (χ4n) is 0.675. The Hall–Kier alpha value is -0.720. The van der Waals surface area contributed by atoms with Crippen molar-refractivity contribution in [3.05, 3.63) is 35.9 Å². The second-order valence-electron chi connectivity index (χ2n) is 1.83. The van der Waals surface area contributed by atoms with Crippen molar-refractivity contribution in [3.63, 3.8) is 0 Å². The molecule has 0 aliphatic rings. The largest absolute Gasteiger partial charge is 0.327 e. The number of benzene rings is 1. The van der Waals surface area contributed by atoms with E-state index in [4.69, 9.17) is 0 Å². The van der Waals surface area contributed by atoms with Gasteiger partial charge in [0.05, 0.1) is 6.61 Å². The smallest absolute Gasteiger partial charge is 0.290 e. The molecule has 0 saturated heterocycles. The first-order valence-electron chi connectivity index (χ1n) is 2.92. The summed E-state index contributed by atoms with van der Waals surface area (Å²) in [6.45, 7) is 0.409. The van der Waals surface area contributed by atoms with Gasteiger partial charge in [0, 0.05) is 0 Å². The van der Waals surface area contributed by atoms with Crippen LogP contribution in [0, 0.1) is 0 Å². The highest BCUT2D eigenvalue weighted by molar-refractivity contribution is 7.17. The maximum atomic E-state index is 9.85. The summed E-state index contributed by atoms with van der Waals surface area (Å²) in [6, 6.07) is 9.61. The molecular formula is C7H7O2P. The highest BCUT2D eigenvalue weighted by Gasteiger charge is 1.88. The van der Waals surface area contributed by atoms with Gasteiger partial charge in [-0.05, 0) is 5.56 Å². The lowest BCUT2D eigenvalue weighted by atomic mass is 10.2. The average Bonchev–Trinajstić information content (AvgIpc) is 2.03. The molecule has 1 aromatic carbocycles. The average molecular weight is 154 g/mol. The van der Waals surface area contributed by atoms with Crippen LogP contribution in [0.4, 0.5) is 0 Å². The number of hydrogen-bond acceptors (Lipinski definition) is 2. The van der Waals surface area contributed by atoms with E-state index >= 15 is 0 Å². The van der Waals surface area contributed by atoms with Gasteiger partial charge in [-0.2, -0.15) is 0 Å². The molecule has 3 heteroatoms. The zero-order valence-corrected chi connectivity index (χ0v) is 6.25. The van der Waals surface area contributed by atoms with E-state index in [1.807, 2.05) is 30.3 Å². The second kappa shape index (κ2) is 4.15. The minimum absolute atomic E-state index is 0.260. The van der Waals surface area contributed by atoms with Crippen molar-refractivity contribution < 1.29 is 9.09 Å². The molecule has 52 valence electrons. The van der Waals surface area contributed by atoms with Crippen LogP contribution in [0.3, 0.4) is 0 Å². The predicted octanol–water partition coefficient (Wildman–Crippen LogP) is 2.41. The van der Waals surface area contributed by atoms with E-state index in [0.717, 1.165) is 5.56 Å². The van der Waals surface area contributed by atoms with E-state index in [9.17, 15) is 4.57 Å². The summed E-state index contributed by atoms with van der Waals surface area (Å²) in [6.07, 6.45) is 0. The van der Waals surface area contributed by atoms with Gasteiger partial charge in [-0.25, -0.2) is 4.57 Å². The second-order valence-corrected chi connectivity index (χ2v) is 2.24. The van der Waals surface area contributed by atoms with Gasteiger partial charge in [-0.3, -0.25) is 4.52 Å². The first kappa shape index (κ1) is 7.39. The van der Waals surface area contributed by atoms with Crippen LogP contribution < -0.4 is 0 Å². The van der Waals surface area contributed by atoms with Crippen molar-refractivity contribution >= 4 is 8.69 Å². The summed E-state index contributed by atoms with van der Waals surface area (Å²) in [5, 5.41) is 0. The molecule has 0 spiro atoms. The van der Waals surface area contributed by atoms with Crippen LogP contribution in [0.2, 0.25) is 0 Å². The predicted molar refractivity (Wildman–Crippen MR) is 38.8 cm³/mol. The van der Waals surface area contributed by atoms with Gasteiger partial charge in [0.1, 0.15) is 0 Å².